The molecule has 0 aliphatic carbocycles. The Morgan fingerprint density at radius 3 is 2.78 bits per heavy atom. The van der Waals surface area contributed by atoms with E-state index in [1.807, 2.05) is 17.5 Å². The summed E-state index contributed by atoms with van der Waals surface area (Å²) in [5.41, 5.74) is 3.33. The van der Waals surface area contributed by atoms with Gasteiger partial charge in [0.1, 0.15) is 5.75 Å². The number of amides is 1. The van der Waals surface area contributed by atoms with Crippen molar-refractivity contribution in [3.63, 3.8) is 0 Å². The molecule has 0 radical (unpaired) electrons. The summed E-state index contributed by atoms with van der Waals surface area (Å²) in [7, 11) is -1.17. The Morgan fingerprint density at radius 1 is 1.22 bits per heavy atom. The van der Waals surface area contributed by atoms with Crippen molar-refractivity contribution in [1.29, 1.82) is 0 Å². The topological polar surface area (TPSA) is 49.4 Å². The lowest BCUT2D eigenvalue weighted by molar-refractivity contribution is -0.128. The third kappa shape index (κ3) is 4.50. The van der Waals surface area contributed by atoms with Crippen molar-refractivity contribution < 1.29 is 9.00 Å². The predicted molar refractivity (Wildman–Crippen MR) is 95.9 cm³/mol. The minimum absolute atomic E-state index is 0.00109. The van der Waals surface area contributed by atoms with Crippen molar-refractivity contribution in [1.82, 2.24) is 10.2 Å². The van der Waals surface area contributed by atoms with Crippen LogP contribution in [0.3, 0.4) is 0 Å². The molecule has 1 unspecified atom stereocenters. The van der Waals surface area contributed by atoms with Crippen LogP contribution >= 0.6 is 11.3 Å². The van der Waals surface area contributed by atoms with Crippen LogP contribution in [0, 0.1) is 0 Å². The number of piperazine rings is 1. The van der Waals surface area contributed by atoms with E-state index in [0.717, 1.165) is 24.2 Å². The Labute approximate surface area is 143 Å². The number of nitrogens with zero attached hydrogens (tertiary/aromatic N) is 1. The summed E-state index contributed by atoms with van der Waals surface area (Å²) in [4.78, 5) is 14.0. The van der Waals surface area contributed by atoms with Crippen LogP contribution in [0.15, 0.2) is 41.1 Å². The number of rotatable bonds is 5. The molecule has 1 saturated heterocycles. The molecule has 23 heavy (non-hydrogen) atoms. The van der Waals surface area contributed by atoms with Crippen molar-refractivity contribution >= 4 is 28.0 Å². The van der Waals surface area contributed by atoms with Gasteiger partial charge in [-0.15, -0.1) is 0 Å². The normalized spacial score (nSPS) is 16.3. The lowest BCUT2D eigenvalue weighted by Crippen LogP contribution is -2.47. The van der Waals surface area contributed by atoms with Crippen LogP contribution in [0.4, 0.5) is 0 Å². The zero-order chi connectivity index (χ0) is 16.1. The first-order valence-electron chi connectivity index (χ1n) is 7.67. The summed E-state index contributed by atoms with van der Waals surface area (Å²) in [6.45, 7) is 3.06. The number of hydrogen-bond donors (Lipinski definition) is 1. The van der Waals surface area contributed by atoms with Crippen molar-refractivity contribution in [2.75, 3.05) is 31.9 Å². The fourth-order valence-electron chi connectivity index (χ4n) is 2.65. The van der Waals surface area contributed by atoms with Gasteiger partial charge in [0.05, 0.1) is 0 Å². The van der Waals surface area contributed by atoms with Gasteiger partial charge in [-0.25, -0.2) is 0 Å². The maximum Gasteiger partial charge on any atom is 0.235 e. The van der Waals surface area contributed by atoms with E-state index >= 15 is 0 Å². The highest BCUT2D eigenvalue weighted by molar-refractivity contribution is 7.84. The van der Waals surface area contributed by atoms with E-state index in [-0.39, 0.29) is 11.7 Å². The molecule has 3 rings (SSSR count). The van der Waals surface area contributed by atoms with E-state index in [2.05, 4.69) is 28.9 Å². The van der Waals surface area contributed by atoms with Gasteiger partial charge in [0.2, 0.25) is 5.91 Å². The van der Waals surface area contributed by atoms with Crippen LogP contribution in [-0.2, 0) is 21.3 Å². The number of nitrogens with one attached hydrogen (secondary N) is 1. The van der Waals surface area contributed by atoms with Crippen molar-refractivity contribution in [2.45, 2.75) is 5.75 Å². The number of carbonyl (C=O) groups excluding carboxylic acids is 1. The molecule has 1 atom stereocenters. The molecule has 1 N–H and O–H groups in total. The predicted octanol–water partition coefficient (Wildman–Crippen LogP) is 2.10. The minimum atomic E-state index is -1.17. The summed E-state index contributed by atoms with van der Waals surface area (Å²) in [6.07, 6.45) is 0. The van der Waals surface area contributed by atoms with Crippen LogP contribution in [0.5, 0.6) is 0 Å². The van der Waals surface area contributed by atoms with Gasteiger partial charge in [0.25, 0.3) is 0 Å². The number of benzene rings is 1. The van der Waals surface area contributed by atoms with Crippen LogP contribution < -0.4 is 5.32 Å². The molecule has 0 saturated carbocycles. The first-order valence-corrected chi connectivity index (χ1v) is 10.1. The van der Waals surface area contributed by atoms with E-state index in [1.54, 1.807) is 16.2 Å². The fraction of sp³-hybridized carbons (Fsp3) is 0.353. The monoisotopic (exact) mass is 348 g/mol. The first kappa shape index (κ1) is 16.4. The molecule has 1 fully saturated rings. The molecular weight excluding hydrogens is 328 g/mol. The van der Waals surface area contributed by atoms with E-state index in [0.29, 0.717) is 18.8 Å². The van der Waals surface area contributed by atoms with Crippen molar-refractivity contribution in [2.24, 2.45) is 0 Å². The van der Waals surface area contributed by atoms with Crippen molar-refractivity contribution in [3.05, 3.63) is 46.7 Å². The Hall–Kier alpha value is -1.50. The number of thiophene rings is 1. The molecule has 0 spiro atoms. The molecule has 122 valence electrons. The zero-order valence-corrected chi connectivity index (χ0v) is 14.5. The summed E-state index contributed by atoms with van der Waals surface area (Å²) in [5.74, 6) is 0.539. The maximum atomic E-state index is 12.3. The second kappa shape index (κ2) is 7.86. The van der Waals surface area contributed by atoms with Gasteiger partial charge in [0, 0.05) is 42.7 Å². The van der Waals surface area contributed by atoms with Gasteiger partial charge in [-0.05, 0) is 33.5 Å². The van der Waals surface area contributed by atoms with Gasteiger partial charge in [0.15, 0.2) is 0 Å². The minimum Gasteiger partial charge on any atom is -0.339 e. The summed E-state index contributed by atoms with van der Waals surface area (Å²) < 4.78 is 12.3. The first-order chi connectivity index (χ1) is 11.2. The lowest BCUT2D eigenvalue weighted by atomic mass is 10.1. The molecule has 2 heterocycles. The van der Waals surface area contributed by atoms with E-state index < -0.39 is 10.8 Å². The molecule has 1 amide bonds. The Kier molecular flexibility index (Phi) is 5.59. The quantitative estimate of drug-likeness (QED) is 0.900. The van der Waals surface area contributed by atoms with Crippen LogP contribution in [0.2, 0.25) is 0 Å². The van der Waals surface area contributed by atoms with E-state index in [1.165, 1.54) is 5.56 Å². The highest BCUT2D eigenvalue weighted by Gasteiger charge is 2.18. The second-order valence-corrected chi connectivity index (χ2v) is 7.81. The summed E-state index contributed by atoms with van der Waals surface area (Å²) in [5, 5.41) is 7.36. The largest absolute Gasteiger partial charge is 0.339 e. The Morgan fingerprint density at radius 2 is 2.04 bits per heavy atom. The standard InChI is InChI=1S/C17H20N2O2S2/c20-17(19-7-5-18-6-8-19)13-23(21)12-14-2-1-3-15(10-14)16-4-9-22-11-16/h1-4,9-11,18H,5-8,12-13H2. The molecule has 6 heteroatoms. The molecule has 4 nitrogen and oxygen atoms in total. The van der Waals surface area contributed by atoms with Gasteiger partial charge < -0.3 is 10.2 Å². The average Bonchev–Trinajstić information content (AvgIpc) is 3.10. The van der Waals surface area contributed by atoms with Crippen LogP contribution in [0.1, 0.15) is 5.56 Å². The Bertz CT molecular complexity index is 680. The van der Waals surface area contributed by atoms with Crippen molar-refractivity contribution in [3.8, 4) is 11.1 Å². The van der Waals surface area contributed by atoms with Crippen LogP contribution in [-0.4, -0.2) is 46.9 Å². The molecule has 2 aromatic rings. The van der Waals surface area contributed by atoms with Gasteiger partial charge in [-0.2, -0.15) is 11.3 Å². The maximum absolute atomic E-state index is 12.3. The Balaban J connectivity index is 1.59. The van der Waals surface area contributed by atoms with E-state index in [4.69, 9.17) is 0 Å². The van der Waals surface area contributed by atoms with Crippen LogP contribution in [0.25, 0.3) is 11.1 Å². The highest BCUT2D eigenvalue weighted by atomic mass is 32.2. The van der Waals surface area contributed by atoms with E-state index in [9.17, 15) is 9.00 Å². The molecule has 1 aliphatic rings. The molecule has 1 aromatic heterocycles. The molecule has 1 aliphatic heterocycles. The average molecular weight is 348 g/mol. The van der Waals surface area contributed by atoms with Gasteiger partial charge in [-0.3, -0.25) is 9.00 Å². The lowest BCUT2D eigenvalue weighted by Gasteiger charge is -2.27. The smallest absolute Gasteiger partial charge is 0.235 e. The molecule has 1 aromatic carbocycles. The highest BCUT2D eigenvalue weighted by Crippen LogP contribution is 2.23. The number of hydrogen-bond acceptors (Lipinski definition) is 4. The SMILES string of the molecule is O=C(CS(=O)Cc1cccc(-c2ccsc2)c1)N1CCNCC1. The third-order valence-electron chi connectivity index (χ3n) is 3.86. The van der Waals surface area contributed by atoms with Gasteiger partial charge in [-0.1, -0.05) is 24.3 Å². The summed E-state index contributed by atoms with van der Waals surface area (Å²) >= 11 is 1.66. The second-order valence-electron chi connectivity index (χ2n) is 5.57. The zero-order valence-electron chi connectivity index (χ0n) is 12.9. The third-order valence-corrected chi connectivity index (χ3v) is 5.77. The molecule has 0 bridgehead atoms. The molecular formula is C17H20N2O2S2. The number of carbonyl (C=O) groups is 1. The summed E-state index contributed by atoms with van der Waals surface area (Å²) in [6, 6.07) is 10.2. The van der Waals surface area contributed by atoms with Gasteiger partial charge >= 0.3 is 0 Å². The fourth-order valence-corrected chi connectivity index (χ4v) is 4.43.